The van der Waals surface area contributed by atoms with Crippen molar-refractivity contribution >= 4 is 5.69 Å². The average Bonchev–Trinajstić information content (AvgIpc) is 2.47. The molecule has 0 aromatic heterocycles. The summed E-state index contributed by atoms with van der Waals surface area (Å²) in [5.41, 5.74) is 3.84. The van der Waals surface area contributed by atoms with E-state index in [1.54, 1.807) is 6.07 Å². The van der Waals surface area contributed by atoms with Crippen LogP contribution in [-0.2, 0) is 6.54 Å². The molecule has 0 bridgehead atoms. The highest BCUT2D eigenvalue weighted by Crippen LogP contribution is 2.19. The molecule has 2 nitrogen and oxygen atoms in total. The molecule has 0 heterocycles. The minimum Gasteiger partial charge on any atom is -0.384 e. The zero-order valence-electron chi connectivity index (χ0n) is 12.2. The lowest BCUT2D eigenvalue weighted by molar-refractivity contribution is 0.350. The third-order valence-corrected chi connectivity index (χ3v) is 3.22. The van der Waals surface area contributed by atoms with Gasteiger partial charge in [-0.3, -0.25) is 0 Å². The van der Waals surface area contributed by atoms with Crippen molar-refractivity contribution in [2.75, 3.05) is 18.6 Å². The van der Waals surface area contributed by atoms with E-state index in [9.17, 15) is 4.39 Å². The maximum absolute atomic E-state index is 13.3. The molecule has 108 valence electrons. The molecule has 1 N–H and O–H groups in total. The highest BCUT2D eigenvalue weighted by molar-refractivity contribution is 5.50. The molecule has 3 heteroatoms. The van der Waals surface area contributed by atoms with Crippen LogP contribution in [0.2, 0.25) is 0 Å². The molecule has 0 radical (unpaired) electrons. The van der Waals surface area contributed by atoms with E-state index in [-0.39, 0.29) is 12.4 Å². The van der Waals surface area contributed by atoms with Gasteiger partial charge in [0, 0.05) is 24.8 Å². The summed E-state index contributed by atoms with van der Waals surface area (Å²) < 4.78 is 13.3. The Bertz CT molecular complexity index is 685. The van der Waals surface area contributed by atoms with Gasteiger partial charge in [-0.05, 0) is 42.3 Å². The fraction of sp³-hybridized carbons (Fsp3) is 0.222. The van der Waals surface area contributed by atoms with Gasteiger partial charge in [-0.2, -0.15) is 0 Å². The van der Waals surface area contributed by atoms with Gasteiger partial charge in [0.1, 0.15) is 12.4 Å². The van der Waals surface area contributed by atoms with E-state index >= 15 is 0 Å². The number of nitrogens with zero attached hydrogens (tertiary/aromatic N) is 1. The normalized spacial score (nSPS) is 9.90. The quantitative estimate of drug-likeness (QED) is 0.875. The number of aliphatic hydroxyl groups excluding tert-OH is 1. The Morgan fingerprint density at radius 1 is 1.19 bits per heavy atom. The summed E-state index contributed by atoms with van der Waals surface area (Å²) in [6.45, 7) is 2.44. The summed E-state index contributed by atoms with van der Waals surface area (Å²) in [5.74, 6) is 5.06. The Hall–Kier alpha value is -2.31. The summed E-state index contributed by atoms with van der Waals surface area (Å²) in [4.78, 5) is 2.09. The van der Waals surface area contributed by atoms with Gasteiger partial charge >= 0.3 is 0 Å². The van der Waals surface area contributed by atoms with E-state index < -0.39 is 0 Å². The molecule has 0 unspecified atom stereocenters. The number of benzene rings is 2. The Kier molecular flexibility index (Phi) is 4.97. The zero-order chi connectivity index (χ0) is 15.2. The van der Waals surface area contributed by atoms with Crippen LogP contribution in [-0.4, -0.2) is 18.8 Å². The van der Waals surface area contributed by atoms with Crippen LogP contribution < -0.4 is 4.90 Å². The first-order valence-electron chi connectivity index (χ1n) is 6.76. The van der Waals surface area contributed by atoms with Gasteiger partial charge in [0.2, 0.25) is 0 Å². The Morgan fingerprint density at radius 3 is 2.71 bits per heavy atom. The number of aryl methyl sites for hydroxylation is 1. The molecule has 0 spiro atoms. The highest BCUT2D eigenvalue weighted by Gasteiger charge is 2.07. The second kappa shape index (κ2) is 6.92. The molecule has 0 amide bonds. The minimum absolute atomic E-state index is 0.232. The van der Waals surface area contributed by atoms with Crippen LogP contribution in [0.15, 0.2) is 42.5 Å². The third kappa shape index (κ3) is 4.08. The molecule has 2 aromatic carbocycles. The molecular weight excluding hydrogens is 265 g/mol. The van der Waals surface area contributed by atoms with Gasteiger partial charge in [0.05, 0.1) is 0 Å². The van der Waals surface area contributed by atoms with Crippen molar-refractivity contribution in [1.82, 2.24) is 0 Å². The van der Waals surface area contributed by atoms with Gasteiger partial charge < -0.3 is 10.0 Å². The van der Waals surface area contributed by atoms with Crippen LogP contribution in [0.5, 0.6) is 0 Å². The van der Waals surface area contributed by atoms with Crippen molar-refractivity contribution in [1.29, 1.82) is 0 Å². The molecule has 0 aliphatic rings. The first-order chi connectivity index (χ1) is 10.1. The summed E-state index contributed by atoms with van der Waals surface area (Å²) >= 11 is 0. The fourth-order valence-electron chi connectivity index (χ4n) is 2.15. The number of aliphatic hydroxyl groups is 1. The average molecular weight is 283 g/mol. The number of rotatable bonds is 3. The minimum atomic E-state index is -0.320. The van der Waals surface area contributed by atoms with E-state index in [4.69, 9.17) is 5.11 Å². The van der Waals surface area contributed by atoms with Crippen molar-refractivity contribution in [2.24, 2.45) is 0 Å². The van der Waals surface area contributed by atoms with Gasteiger partial charge in [0.15, 0.2) is 0 Å². The molecule has 2 rings (SSSR count). The summed E-state index contributed by atoms with van der Waals surface area (Å²) in [6, 6.07) is 12.8. The van der Waals surface area contributed by atoms with E-state index in [1.807, 2.05) is 32.2 Å². The molecule has 0 atom stereocenters. The van der Waals surface area contributed by atoms with E-state index in [0.717, 1.165) is 11.3 Å². The molecule has 0 saturated carbocycles. The third-order valence-electron chi connectivity index (χ3n) is 3.22. The SMILES string of the molecule is Cc1cccc(N(C)Cc2ccc(F)cc2C#CCO)c1. The van der Waals surface area contributed by atoms with Crippen molar-refractivity contribution < 1.29 is 9.50 Å². The molecule has 2 aromatic rings. The fourth-order valence-corrected chi connectivity index (χ4v) is 2.15. The van der Waals surface area contributed by atoms with Crippen molar-refractivity contribution in [3.05, 3.63) is 65.0 Å². The maximum Gasteiger partial charge on any atom is 0.124 e. The Balaban J connectivity index is 2.26. The smallest absolute Gasteiger partial charge is 0.124 e. The van der Waals surface area contributed by atoms with Crippen LogP contribution in [0, 0.1) is 24.6 Å². The zero-order valence-corrected chi connectivity index (χ0v) is 12.2. The number of anilines is 1. The predicted molar refractivity (Wildman–Crippen MR) is 83.6 cm³/mol. The van der Waals surface area contributed by atoms with Gasteiger partial charge in [-0.15, -0.1) is 0 Å². The van der Waals surface area contributed by atoms with E-state index in [0.29, 0.717) is 12.1 Å². The Labute approximate surface area is 124 Å². The van der Waals surface area contributed by atoms with Crippen molar-refractivity contribution in [2.45, 2.75) is 13.5 Å². The topological polar surface area (TPSA) is 23.5 Å². The molecule has 0 fully saturated rings. The van der Waals surface area contributed by atoms with Crippen LogP contribution >= 0.6 is 0 Å². The second-order valence-electron chi connectivity index (χ2n) is 4.96. The van der Waals surface area contributed by atoms with Crippen LogP contribution in [0.3, 0.4) is 0 Å². The standard InChI is InChI=1S/C18H18FNO/c1-14-5-3-7-18(11-14)20(2)13-16-8-9-17(19)12-15(16)6-4-10-21/h3,5,7-9,11-12,21H,10,13H2,1-2H3. The molecule has 0 saturated heterocycles. The largest absolute Gasteiger partial charge is 0.384 e. The van der Waals surface area contributed by atoms with Crippen LogP contribution in [0.25, 0.3) is 0 Å². The number of halogens is 1. The van der Waals surface area contributed by atoms with Crippen molar-refractivity contribution in [3.8, 4) is 11.8 Å². The lowest BCUT2D eigenvalue weighted by Gasteiger charge is -2.20. The first-order valence-corrected chi connectivity index (χ1v) is 6.76. The second-order valence-corrected chi connectivity index (χ2v) is 4.96. The lowest BCUT2D eigenvalue weighted by atomic mass is 10.1. The van der Waals surface area contributed by atoms with Gasteiger partial charge in [-0.25, -0.2) is 4.39 Å². The van der Waals surface area contributed by atoms with E-state index in [2.05, 4.69) is 22.8 Å². The maximum atomic E-state index is 13.3. The highest BCUT2D eigenvalue weighted by atomic mass is 19.1. The monoisotopic (exact) mass is 283 g/mol. The lowest BCUT2D eigenvalue weighted by Crippen LogP contribution is -2.17. The molecular formula is C18H18FNO. The molecule has 0 aliphatic carbocycles. The predicted octanol–water partition coefficient (Wildman–Crippen LogP) is 3.11. The van der Waals surface area contributed by atoms with E-state index in [1.165, 1.54) is 17.7 Å². The first kappa shape index (κ1) is 15.1. The molecule has 21 heavy (non-hydrogen) atoms. The van der Waals surface area contributed by atoms with Gasteiger partial charge in [-0.1, -0.05) is 30.0 Å². The van der Waals surface area contributed by atoms with Gasteiger partial charge in [0.25, 0.3) is 0 Å². The Morgan fingerprint density at radius 2 is 2.00 bits per heavy atom. The van der Waals surface area contributed by atoms with Crippen LogP contribution in [0.4, 0.5) is 10.1 Å². The summed E-state index contributed by atoms with van der Waals surface area (Å²) in [5, 5.41) is 8.80. The number of hydrogen-bond acceptors (Lipinski definition) is 2. The summed E-state index contributed by atoms with van der Waals surface area (Å²) in [7, 11) is 1.99. The number of hydrogen-bond donors (Lipinski definition) is 1. The summed E-state index contributed by atoms with van der Waals surface area (Å²) in [6.07, 6.45) is 0. The molecule has 0 aliphatic heterocycles. The van der Waals surface area contributed by atoms with Crippen LogP contribution in [0.1, 0.15) is 16.7 Å². The van der Waals surface area contributed by atoms with Crippen molar-refractivity contribution in [3.63, 3.8) is 0 Å².